The second-order valence-electron chi connectivity index (χ2n) is 3.66. The Morgan fingerprint density at radius 2 is 1.94 bits per heavy atom. The Balaban J connectivity index is 1.88. The molecule has 1 N–H and O–H groups in total. The van der Waals surface area contributed by atoms with Gasteiger partial charge in [0.15, 0.2) is 0 Å². The first-order valence-electron chi connectivity index (χ1n) is 5.33. The predicted octanol–water partition coefficient (Wildman–Crippen LogP) is 4.15. The number of anilines is 1. The Labute approximate surface area is 114 Å². The molecule has 1 heterocycles. The van der Waals surface area contributed by atoms with Gasteiger partial charge >= 0.3 is 0 Å². The normalized spacial score (nSPS) is 10.2. The molecule has 0 bridgehead atoms. The van der Waals surface area contributed by atoms with Crippen LogP contribution in [0.5, 0.6) is 0 Å². The maximum atomic E-state index is 6.01. The van der Waals surface area contributed by atoms with Gasteiger partial charge in [0.25, 0.3) is 0 Å². The van der Waals surface area contributed by atoms with Crippen molar-refractivity contribution in [1.82, 2.24) is 4.98 Å². The fourth-order valence-corrected chi connectivity index (χ4v) is 1.93. The van der Waals surface area contributed by atoms with E-state index in [-0.39, 0.29) is 0 Å². The number of nitrogens with one attached hydrogen (secondary N) is 1. The Hall–Kier alpha value is -1.06. The molecule has 0 spiro atoms. The quantitative estimate of drug-likeness (QED) is 0.917. The summed E-state index contributed by atoms with van der Waals surface area (Å²) in [6.07, 6.45) is 4.59. The van der Waals surface area contributed by atoms with Crippen LogP contribution in [0.3, 0.4) is 0 Å². The summed E-state index contributed by atoms with van der Waals surface area (Å²) in [5.41, 5.74) is 2.31. The van der Waals surface area contributed by atoms with E-state index in [2.05, 4.69) is 26.2 Å². The zero-order valence-corrected chi connectivity index (χ0v) is 11.5. The highest BCUT2D eigenvalue weighted by atomic mass is 79.9. The number of pyridine rings is 1. The van der Waals surface area contributed by atoms with Gasteiger partial charge in [-0.2, -0.15) is 0 Å². The number of benzene rings is 1. The van der Waals surface area contributed by atoms with Gasteiger partial charge in [-0.05, 0) is 58.2 Å². The van der Waals surface area contributed by atoms with Crippen molar-refractivity contribution >= 4 is 33.2 Å². The van der Waals surface area contributed by atoms with E-state index >= 15 is 0 Å². The lowest BCUT2D eigenvalue weighted by molar-refractivity contribution is 1.01. The average molecular weight is 312 g/mol. The van der Waals surface area contributed by atoms with Crippen LogP contribution >= 0.6 is 27.5 Å². The molecule has 0 aliphatic rings. The van der Waals surface area contributed by atoms with E-state index in [1.54, 1.807) is 0 Å². The smallest absolute Gasteiger partial charge is 0.0568 e. The van der Waals surface area contributed by atoms with Crippen molar-refractivity contribution in [2.75, 3.05) is 11.9 Å². The van der Waals surface area contributed by atoms with E-state index in [0.717, 1.165) is 28.1 Å². The summed E-state index contributed by atoms with van der Waals surface area (Å²) in [7, 11) is 0. The van der Waals surface area contributed by atoms with E-state index in [9.17, 15) is 0 Å². The second kappa shape index (κ2) is 6.03. The second-order valence-corrected chi connectivity index (χ2v) is 4.92. The van der Waals surface area contributed by atoms with E-state index < -0.39 is 0 Å². The molecule has 1 aromatic heterocycles. The maximum Gasteiger partial charge on any atom is 0.0568 e. The molecule has 0 fully saturated rings. The summed E-state index contributed by atoms with van der Waals surface area (Å²) < 4.78 is 0.916. The molecule has 2 rings (SSSR count). The van der Waals surface area contributed by atoms with Crippen molar-refractivity contribution in [2.24, 2.45) is 0 Å². The molecule has 0 aliphatic heterocycles. The molecule has 0 saturated heterocycles. The Morgan fingerprint density at radius 1 is 1.18 bits per heavy atom. The first-order chi connectivity index (χ1) is 8.25. The van der Waals surface area contributed by atoms with Gasteiger partial charge in [-0.15, -0.1) is 0 Å². The zero-order valence-electron chi connectivity index (χ0n) is 9.16. The fraction of sp³-hybridized carbons (Fsp3) is 0.154. The van der Waals surface area contributed by atoms with Gasteiger partial charge < -0.3 is 5.32 Å². The van der Waals surface area contributed by atoms with Crippen LogP contribution < -0.4 is 5.32 Å². The highest BCUT2D eigenvalue weighted by Crippen LogP contribution is 2.25. The van der Waals surface area contributed by atoms with Crippen molar-refractivity contribution in [3.63, 3.8) is 0 Å². The minimum absolute atomic E-state index is 0.721. The number of nitrogens with zero attached hydrogens (tertiary/aromatic N) is 1. The van der Waals surface area contributed by atoms with Gasteiger partial charge in [0.1, 0.15) is 0 Å². The third-order valence-corrected chi connectivity index (χ3v) is 3.64. The Bertz CT molecular complexity index is 488. The summed E-state index contributed by atoms with van der Waals surface area (Å²) in [4.78, 5) is 3.99. The van der Waals surface area contributed by atoms with Gasteiger partial charge in [0.2, 0.25) is 0 Å². The van der Waals surface area contributed by atoms with Gasteiger partial charge in [-0.1, -0.05) is 11.6 Å². The highest BCUT2D eigenvalue weighted by Gasteiger charge is 1.98. The van der Waals surface area contributed by atoms with Crippen molar-refractivity contribution in [3.8, 4) is 0 Å². The molecule has 0 aliphatic carbocycles. The zero-order chi connectivity index (χ0) is 12.1. The van der Waals surface area contributed by atoms with E-state index in [1.165, 1.54) is 5.56 Å². The van der Waals surface area contributed by atoms with Crippen LogP contribution in [0.1, 0.15) is 5.56 Å². The van der Waals surface area contributed by atoms with Crippen LogP contribution in [0.15, 0.2) is 47.2 Å². The highest BCUT2D eigenvalue weighted by molar-refractivity contribution is 9.10. The van der Waals surface area contributed by atoms with Gasteiger partial charge in [-0.3, -0.25) is 4.98 Å². The van der Waals surface area contributed by atoms with Crippen LogP contribution in [0.4, 0.5) is 5.69 Å². The van der Waals surface area contributed by atoms with Crippen LogP contribution in [-0.2, 0) is 6.42 Å². The van der Waals surface area contributed by atoms with Gasteiger partial charge in [0, 0.05) is 29.1 Å². The monoisotopic (exact) mass is 310 g/mol. The molecule has 0 amide bonds. The summed E-state index contributed by atoms with van der Waals surface area (Å²) in [6, 6.07) is 9.91. The van der Waals surface area contributed by atoms with Gasteiger partial charge in [-0.25, -0.2) is 0 Å². The van der Waals surface area contributed by atoms with E-state index in [0.29, 0.717) is 0 Å². The number of rotatable bonds is 4. The Morgan fingerprint density at radius 3 is 2.65 bits per heavy atom. The summed E-state index contributed by atoms with van der Waals surface area (Å²) >= 11 is 9.38. The van der Waals surface area contributed by atoms with Crippen LogP contribution in [0, 0.1) is 0 Å². The summed E-state index contributed by atoms with van der Waals surface area (Å²) in [5.74, 6) is 0. The predicted molar refractivity (Wildman–Crippen MR) is 75.6 cm³/mol. The largest absolute Gasteiger partial charge is 0.385 e. The third-order valence-electron chi connectivity index (χ3n) is 2.41. The van der Waals surface area contributed by atoms with Crippen LogP contribution in [-0.4, -0.2) is 11.5 Å². The molecule has 2 aromatic rings. The molecular formula is C13H12BrClN2. The lowest BCUT2D eigenvalue weighted by atomic mass is 10.2. The number of hydrogen-bond acceptors (Lipinski definition) is 2. The minimum atomic E-state index is 0.721. The fourth-order valence-electron chi connectivity index (χ4n) is 1.51. The number of halogens is 2. The topological polar surface area (TPSA) is 24.9 Å². The van der Waals surface area contributed by atoms with Crippen LogP contribution in [0.25, 0.3) is 0 Å². The van der Waals surface area contributed by atoms with Crippen molar-refractivity contribution < 1.29 is 0 Å². The lowest BCUT2D eigenvalue weighted by Gasteiger charge is -2.07. The lowest BCUT2D eigenvalue weighted by Crippen LogP contribution is -2.04. The third kappa shape index (κ3) is 3.72. The molecule has 88 valence electrons. The standard InChI is InChI=1S/C13H12BrClN2/c14-12-2-1-11(9-13(12)15)17-8-5-10-3-6-16-7-4-10/h1-4,6-7,9,17H,5,8H2. The van der Waals surface area contributed by atoms with Gasteiger partial charge in [0.05, 0.1) is 5.02 Å². The minimum Gasteiger partial charge on any atom is -0.385 e. The molecule has 1 aromatic carbocycles. The van der Waals surface area contributed by atoms with Crippen molar-refractivity contribution in [1.29, 1.82) is 0 Å². The maximum absolute atomic E-state index is 6.01. The first kappa shape index (κ1) is 12.4. The summed E-state index contributed by atoms with van der Waals surface area (Å²) in [6.45, 7) is 0.877. The number of hydrogen-bond donors (Lipinski definition) is 1. The van der Waals surface area contributed by atoms with E-state index in [4.69, 9.17) is 11.6 Å². The van der Waals surface area contributed by atoms with E-state index in [1.807, 2.05) is 42.7 Å². The summed E-state index contributed by atoms with van der Waals surface area (Å²) in [5, 5.41) is 4.06. The molecule has 2 nitrogen and oxygen atoms in total. The molecule has 0 saturated carbocycles. The molecule has 17 heavy (non-hydrogen) atoms. The first-order valence-corrected chi connectivity index (χ1v) is 6.50. The molecule has 0 unspecified atom stereocenters. The molecule has 0 radical (unpaired) electrons. The molecular weight excluding hydrogens is 300 g/mol. The SMILES string of the molecule is Clc1cc(NCCc2ccncc2)ccc1Br. The molecule has 4 heteroatoms. The van der Waals surface area contributed by atoms with Crippen molar-refractivity contribution in [2.45, 2.75) is 6.42 Å². The number of aromatic nitrogens is 1. The van der Waals surface area contributed by atoms with Crippen molar-refractivity contribution in [3.05, 3.63) is 57.8 Å². The average Bonchev–Trinajstić information content (AvgIpc) is 2.35. The Kier molecular flexibility index (Phi) is 4.40. The molecule has 0 atom stereocenters. The van der Waals surface area contributed by atoms with Crippen LogP contribution in [0.2, 0.25) is 5.02 Å².